The Labute approximate surface area is 264 Å². The number of carbonyl (C=O) groups excluding carboxylic acids is 2. The second-order valence-electron chi connectivity index (χ2n) is 10.5. The number of benzene rings is 4. The molecule has 1 aliphatic rings. The van der Waals surface area contributed by atoms with Crippen molar-refractivity contribution in [3.8, 4) is 0 Å². The van der Waals surface area contributed by atoms with Crippen molar-refractivity contribution < 1.29 is 14.3 Å². The molecule has 6 rings (SSSR count). The SMILES string of the molecule is O=C(Nc1ccc(N2CCOCC2)cc1)C(c1ccc(Cl)cc1)N(Cc1ccc(Cl)cc1)C(=O)Cn1nnc2ccccc21. The molecule has 4 aromatic carbocycles. The van der Waals surface area contributed by atoms with Gasteiger partial charge in [0.2, 0.25) is 5.91 Å². The molecule has 11 heteroatoms. The summed E-state index contributed by atoms with van der Waals surface area (Å²) in [5, 5.41) is 12.5. The van der Waals surface area contributed by atoms with Crippen molar-refractivity contribution in [2.24, 2.45) is 0 Å². The quantitative estimate of drug-likeness (QED) is 0.216. The van der Waals surface area contributed by atoms with E-state index in [9.17, 15) is 9.59 Å². The lowest BCUT2D eigenvalue weighted by Crippen LogP contribution is -2.42. The van der Waals surface area contributed by atoms with E-state index in [1.165, 1.54) is 0 Å². The first-order valence-electron chi connectivity index (χ1n) is 14.3. The molecule has 9 nitrogen and oxygen atoms in total. The molecule has 1 N–H and O–H groups in total. The van der Waals surface area contributed by atoms with Gasteiger partial charge in [0.15, 0.2) is 0 Å². The topological polar surface area (TPSA) is 92.6 Å². The van der Waals surface area contributed by atoms with Crippen LogP contribution in [-0.2, 0) is 27.4 Å². The summed E-state index contributed by atoms with van der Waals surface area (Å²) in [6.45, 7) is 3.03. The summed E-state index contributed by atoms with van der Waals surface area (Å²) >= 11 is 12.4. The molecule has 0 bridgehead atoms. The van der Waals surface area contributed by atoms with E-state index in [0.29, 0.717) is 40.0 Å². The van der Waals surface area contributed by atoms with Crippen LogP contribution in [-0.4, -0.2) is 58.0 Å². The molecule has 5 aromatic rings. The van der Waals surface area contributed by atoms with Gasteiger partial charge in [-0.2, -0.15) is 0 Å². The number of carbonyl (C=O) groups is 2. The number of nitrogens with one attached hydrogen (secondary N) is 1. The van der Waals surface area contributed by atoms with Gasteiger partial charge in [0.05, 0.1) is 18.7 Å². The van der Waals surface area contributed by atoms with Crippen molar-refractivity contribution in [1.82, 2.24) is 19.9 Å². The third kappa shape index (κ3) is 6.86. The van der Waals surface area contributed by atoms with Gasteiger partial charge in [-0.05, 0) is 71.8 Å². The van der Waals surface area contributed by atoms with Gasteiger partial charge in [-0.3, -0.25) is 9.59 Å². The van der Waals surface area contributed by atoms with E-state index in [-0.39, 0.29) is 24.9 Å². The molecular formula is C33H30Cl2N6O3. The van der Waals surface area contributed by atoms with E-state index in [1.807, 2.05) is 60.7 Å². The highest BCUT2D eigenvalue weighted by molar-refractivity contribution is 6.30. The van der Waals surface area contributed by atoms with E-state index >= 15 is 0 Å². The zero-order valence-electron chi connectivity index (χ0n) is 23.8. The van der Waals surface area contributed by atoms with Gasteiger partial charge in [0.25, 0.3) is 5.91 Å². The van der Waals surface area contributed by atoms with Crippen LogP contribution in [0.2, 0.25) is 10.0 Å². The van der Waals surface area contributed by atoms with Gasteiger partial charge in [-0.15, -0.1) is 5.10 Å². The monoisotopic (exact) mass is 628 g/mol. The predicted octanol–water partition coefficient (Wildman–Crippen LogP) is 5.98. The minimum Gasteiger partial charge on any atom is -0.378 e. The molecule has 1 fully saturated rings. The largest absolute Gasteiger partial charge is 0.378 e. The Bertz CT molecular complexity index is 1740. The number of fused-ring (bicyclic) bond motifs is 1. The van der Waals surface area contributed by atoms with Crippen molar-refractivity contribution >= 4 is 57.4 Å². The highest BCUT2D eigenvalue weighted by Gasteiger charge is 2.32. The van der Waals surface area contributed by atoms with Crippen LogP contribution < -0.4 is 10.2 Å². The van der Waals surface area contributed by atoms with E-state index in [0.717, 1.165) is 29.9 Å². The normalized spacial score (nSPS) is 13.9. The van der Waals surface area contributed by atoms with Gasteiger partial charge in [0.1, 0.15) is 18.1 Å². The number of nitrogens with zero attached hydrogens (tertiary/aromatic N) is 5. The van der Waals surface area contributed by atoms with Crippen molar-refractivity contribution in [3.05, 3.63) is 118 Å². The first kappa shape index (κ1) is 29.6. The third-order valence-electron chi connectivity index (χ3n) is 7.55. The number of rotatable bonds is 9. The van der Waals surface area contributed by atoms with Gasteiger partial charge >= 0.3 is 0 Å². The second kappa shape index (κ2) is 13.5. The highest BCUT2D eigenvalue weighted by Crippen LogP contribution is 2.28. The number of hydrogen-bond donors (Lipinski definition) is 1. The number of halogens is 2. The molecule has 1 unspecified atom stereocenters. The van der Waals surface area contributed by atoms with Crippen molar-refractivity contribution in [3.63, 3.8) is 0 Å². The summed E-state index contributed by atoms with van der Waals surface area (Å²) in [4.78, 5) is 32.1. The molecule has 224 valence electrons. The molecule has 0 saturated carbocycles. The average Bonchev–Trinajstić information content (AvgIpc) is 3.46. The maximum absolute atomic E-state index is 14.2. The standard InChI is InChI=1S/C33H30Cl2N6O3/c34-25-9-5-23(6-10-25)21-40(31(42)22-41-30-4-2-1-3-29(30)37-38-41)32(24-7-11-26(35)12-8-24)33(43)36-27-13-15-28(16-14-27)39-17-19-44-20-18-39/h1-16,32H,17-22H2,(H,36,43). The van der Waals surface area contributed by atoms with Gasteiger partial charge in [-0.25, -0.2) is 4.68 Å². The number of para-hydroxylation sites is 1. The molecule has 44 heavy (non-hydrogen) atoms. The maximum atomic E-state index is 14.2. The van der Waals surface area contributed by atoms with E-state index in [4.69, 9.17) is 27.9 Å². The fourth-order valence-corrected chi connectivity index (χ4v) is 5.52. The van der Waals surface area contributed by atoms with Crippen molar-refractivity contribution in [2.45, 2.75) is 19.1 Å². The fourth-order valence-electron chi connectivity index (χ4n) is 5.27. The highest BCUT2D eigenvalue weighted by atomic mass is 35.5. The predicted molar refractivity (Wildman–Crippen MR) is 172 cm³/mol. The van der Waals surface area contributed by atoms with Crippen molar-refractivity contribution in [2.75, 3.05) is 36.5 Å². The first-order valence-corrected chi connectivity index (χ1v) is 15.0. The minimum absolute atomic E-state index is 0.111. The molecule has 1 atom stereocenters. The van der Waals surface area contributed by atoms with Gasteiger partial charge in [-0.1, -0.05) is 64.8 Å². The van der Waals surface area contributed by atoms with Gasteiger partial charge in [0, 0.05) is 41.1 Å². The summed E-state index contributed by atoms with van der Waals surface area (Å²) in [6, 6.07) is 28.3. The van der Waals surface area contributed by atoms with Crippen LogP contribution in [0, 0.1) is 0 Å². The Hall–Kier alpha value is -4.44. The Morgan fingerprint density at radius 3 is 2.23 bits per heavy atom. The van der Waals surface area contributed by atoms with Crippen molar-refractivity contribution in [1.29, 1.82) is 0 Å². The summed E-state index contributed by atoms with van der Waals surface area (Å²) in [5.41, 5.74) is 4.50. The molecule has 0 aliphatic carbocycles. The fraction of sp³-hybridized carbons (Fsp3) is 0.212. The van der Waals surface area contributed by atoms with E-state index in [1.54, 1.807) is 46.0 Å². The summed E-state index contributed by atoms with van der Waals surface area (Å²) in [6.07, 6.45) is 0. The summed E-state index contributed by atoms with van der Waals surface area (Å²) in [7, 11) is 0. The Morgan fingerprint density at radius 1 is 0.864 bits per heavy atom. The lowest BCUT2D eigenvalue weighted by molar-refractivity contribution is -0.140. The summed E-state index contributed by atoms with van der Waals surface area (Å²) in [5.74, 6) is -0.675. The number of morpholine rings is 1. The molecule has 1 aromatic heterocycles. The molecule has 2 amide bonds. The Morgan fingerprint density at radius 2 is 1.52 bits per heavy atom. The average molecular weight is 630 g/mol. The number of anilines is 2. The number of aromatic nitrogens is 3. The lowest BCUT2D eigenvalue weighted by Gasteiger charge is -2.32. The Kier molecular flexibility index (Phi) is 9.07. The second-order valence-corrected chi connectivity index (χ2v) is 11.3. The summed E-state index contributed by atoms with van der Waals surface area (Å²) < 4.78 is 7.01. The molecular weight excluding hydrogens is 599 g/mol. The van der Waals surface area contributed by atoms with E-state index < -0.39 is 6.04 Å². The van der Waals surface area contributed by atoms with Crippen LogP contribution in [0.15, 0.2) is 97.1 Å². The van der Waals surface area contributed by atoms with Crippen LogP contribution in [0.25, 0.3) is 11.0 Å². The number of ether oxygens (including phenoxy) is 1. The molecule has 0 radical (unpaired) electrons. The smallest absolute Gasteiger partial charge is 0.251 e. The minimum atomic E-state index is -0.982. The molecule has 2 heterocycles. The zero-order chi connectivity index (χ0) is 30.5. The van der Waals surface area contributed by atoms with Crippen LogP contribution >= 0.6 is 23.2 Å². The first-order chi connectivity index (χ1) is 21.4. The molecule has 0 spiro atoms. The molecule has 1 aliphatic heterocycles. The number of hydrogen-bond acceptors (Lipinski definition) is 6. The zero-order valence-corrected chi connectivity index (χ0v) is 25.3. The lowest BCUT2D eigenvalue weighted by atomic mass is 10.0. The molecule has 1 saturated heterocycles. The van der Waals surface area contributed by atoms with Crippen LogP contribution in [0.1, 0.15) is 17.2 Å². The maximum Gasteiger partial charge on any atom is 0.251 e. The van der Waals surface area contributed by atoms with Crippen LogP contribution in [0.4, 0.5) is 11.4 Å². The van der Waals surface area contributed by atoms with Gasteiger partial charge < -0.3 is 19.9 Å². The number of amides is 2. The van der Waals surface area contributed by atoms with Crippen LogP contribution in [0.5, 0.6) is 0 Å². The van der Waals surface area contributed by atoms with E-state index in [2.05, 4.69) is 20.5 Å². The van der Waals surface area contributed by atoms with Crippen LogP contribution in [0.3, 0.4) is 0 Å². The Balaban J connectivity index is 1.33. The third-order valence-corrected chi connectivity index (χ3v) is 8.05.